The first-order chi connectivity index (χ1) is 10.5. The molecule has 0 amide bonds. The highest BCUT2D eigenvalue weighted by Gasteiger charge is 2.08. The van der Waals surface area contributed by atoms with E-state index in [0.717, 1.165) is 29.1 Å². The summed E-state index contributed by atoms with van der Waals surface area (Å²) in [7, 11) is 0. The highest BCUT2D eigenvalue weighted by atomic mass is 127. The van der Waals surface area contributed by atoms with Gasteiger partial charge in [-0.25, -0.2) is 0 Å². The number of benzene rings is 1. The summed E-state index contributed by atoms with van der Waals surface area (Å²) in [6, 6.07) is 8.22. The van der Waals surface area contributed by atoms with Gasteiger partial charge in [0.05, 0.1) is 5.69 Å². The molecule has 6 heteroatoms. The van der Waals surface area contributed by atoms with Gasteiger partial charge in [0.15, 0.2) is 5.96 Å². The molecule has 1 heterocycles. The SMILES string of the molecule is Cc1noc(C)c1CCN=C(N)Nc1cccc(C(C)C)c1.I. The Hall–Kier alpha value is -1.57. The number of hydrogen-bond acceptors (Lipinski definition) is 3. The quantitative estimate of drug-likeness (QED) is 0.429. The number of rotatable bonds is 5. The minimum absolute atomic E-state index is 0. The maximum Gasteiger partial charge on any atom is 0.193 e. The predicted octanol–water partition coefficient (Wildman–Crippen LogP) is 4.00. The molecule has 2 rings (SSSR count). The smallest absolute Gasteiger partial charge is 0.193 e. The molecular weight excluding hydrogens is 403 g/mol. The number of nitrogens with zero attached hydrogens (tertiary/aromatic N) is 2. The zero-order valence-corrected chi connectivity index (χ0v) is 16.4. The lowest BCUT2D eigenvalue weighted by atomic mass is 10.0. The topological polar surface area (TPSA) is 76.4 Å². The fourth-order valence-corrected chi connectivity index (χ4v) is 2.31. The van der Waals surface area contributed by atoms with E-state index in [2.05, 4.69) is 41.4 Å². The maximum absolute atomic E-state index is 5.95. The minimum atomic E-state index is 0. The fourth-order valence-electron chi connectivity index (χ4n) is 2.31. The third-order valence-electron chi connectivity index (χ3n) is 3.65. The van der Waals surface area contributed by atoms with Crippen LogP contribution in [0.1, 0.15) is 42.3 Å². The Morgan fingerprint density at radius 3 is 2.70 bits per heavy atom. The number of aromatic nitrogens is 1. The van der Waals surface area contributed by atoms with Crippen molar-refractivity contribution in [3.05, 3.63) is 46.8 Å². The average Bonchev–Trinajstić information content (AvgIpc) is 2.79. The first-order valence-corrected chi connectivity index (χ1v) is 7.56. The van der Waals surface area contributed by atoms with E-state index in [9.17, 15) is 0 Å². The normalized spacial score (nSPS) is 11.4. The third kappa shape index (κ3) is 5.53. The van der Waals surface area contributed by atoms with Gasteiger partial charge in [0, 0.05) is 17.8 Å². The highest BCUT2D eigenvalue weighted by molar-refractivity contribution is 14.0. The number of anilines is 1. The molecule has 0 saturated carbocycles. The number of nitrogens with one attached hydrogen (secondary N) is 1. The largest absolute Gasteiger partial charge is 0.370 e. The van der Waals surface area contributed by atoms with Crippen LogP contribution < -0.4 is 11.1 Å². The summed E-state index contributed by atoms with van der Waals surface area (Å²) in [5.41, 5.74) is 10.2. The van der Waals surface area contributed by atoms with Crippen LogP contribution in [-0.2, 0) is 6.42 Å². The first kappa shape index (κ1) is 19.5. The number of halogens is 1. The van der Waals surface area contributed by atoms with Crippen LogP contribution in [0.3, 0.4) is 0 Å². The molecular formula is C17H25IN4O. The molecule has 0 bridgehead atoms. The van der Waals surface area contributed by atoms with Crippen LogP contribution in [0, 0.1) is 13.8 Å². The average molecular weight is 428 g/mol. The van der Waals surface area contributed by atoms with Gasteiger partial charge in [-0.1, -0.05) is 31.1 Å². The van der Waals surface area contributed by atoms with Gasteiger partial charge in [-0.05, 0) is 43.9 Å². The number of nitrogens with two attached hydrogens (primary N) is 1. The van der Waals surface area contributed by atoms with Gasteiger partial charge >= 0.3 is 0 Å². The zero-order chi connectivity index (χ0) is 16.1. The Morgan fingerprint density at radius 1 is 1.35 bits per heavy atom. The Kier molecular flexibility index (Phi) is 7.54. The van der Waals surface area contributed by atoms with Crippen molar-refractivity contribution >= 4 is 35.6 Å². The van der Waals surface area contributed by atoms with E-state index in [4.69, 9.17) is 10.3 Å². The van der Waals surface area contributed by atoms with E-state index in [1.165, 1.54) is 5.56 Å². The number of aliphatic imine (C=N–C) groups is 1. The van der Waals surface area contributed by atoms with Crippen molar-refractivity contribution in [1.82, 2.24) is 5.16 Å². The summed E-state index contributed by atoms with van der Waals surface area (Å²) in [6.07, 6.45) is 0.773. The van der Waals surface area contributed by atoms with Crippen molar-refractivity contribution in [3.8, 4) is 0 Å². The molecule has 0 aliphatic heterocycles. The van der Waals surface area contributed by atoms with E-state index in [-0.39, 0.29) is 24.0 Å². The Morgan fingerprint density at radius 2 is 2.09 bits per heavy atom. The predicted molar refractivity (Wildman–Crippen MR) is 106 cm³/mol. The zero-order valence-electron chi connectivity index (χ0n) is 14.1. The van der Waals surface area contributed by atoms with Crippen LogP contribution in [0.5, 0.6) is 0 Å². The van der Waals surface area contributed by atoms with Crippen molar-refractivity contribution in [1.29, 1.82) is 0 Å². The van der Waals surface area contributed by atoms with Gasteiger partial charge < -0.3 is 15.6 Å². The molecule has 0 fully saturated rings. The second-order valence-corrected chi connectivity index (χ2v) is 5.72. The van der Waals surface area contributed by atoms with Crippen LogP contribution in [0.25, 0.3) is 0 Å². The van der Waals surface area contributed by atoms with E-state index in [1.807, 2.05) is 26.0 Å². The molecule has 5 nitrogen and oxygen atoms in total. The van der Waals surface area contributed by atoms with Gasteiger partial charge in [-0.2, -0.15) is 0 Å². The summed E-state index contributed by atoms with van der Waals surface area (Å²) >= 11 is 0. The lowest BCUT2D eigenvalue weighted by molar-refractivity contribution is 0.392. The van der Waals surface area contributed by atoms with Crippen LogP contribution in [0.15, 0.2) is 33.8 Å². The van der Waals surface area contributed by atoms with Crippen LogP contribution in [0.4, 0.5) is 5.69 Å². The second-order valence-electron chi connectivity index (χ2n) is 5.72. The number of guanidine groups is 1. The summed E-state index contributed by atoms with van der Waals surface area (Å²) in [5, 5.41) is 7.07. The molecule has 0 aliphatic carbocycles. The third-order valence-corrected chi connectivity index (χ3v) is 3.65. The van der Waals surface area contributed by atoms with E-state index < -0.39 is 0 Å². The lowest BCUT2D eigenvalue weighted by Crippen LogP contribution is -2.23. The molecule has 2 aromatic rings. The van der Waals surface area contributed by atoms with Crippen molar-refractivity contribution < 1.29 is 4.52 Å². The van der Waals surface area contributed by atoms with Crippen LogP contribution in [0.2, 0.25) is 0 Å². The minimum Gasteiger partial charge on any atom is -0.370 e. The van der Waals surface area contributed by atoms with Gasteiger partial charge in [0.25, 0.3) is 0 Å². The molecule has 1 aromatic heterocycles. The molecule has 126 valence electrons. The van der Waals surface area contributed by atoms with Crippen molar-refractivity contribution in [2.24, 2.45) is 10.7 Å². The standard InChI is InChI=1S/C17H24N4O.HI/c1-11(2)14-6-5-7-15(10-14)20-17(18)19-9-8-16-12(3)21-22-13(16)4;/h5-7,10-11H,8-9H2,1-4H3,(H3,18,19,20);1H. The summed E-state index contributed by atoms with van der Waals surface area (Å²) in [6.45, 7) is 8.79. The molecule has 0 spiro atoms. The van der Waals surface area contributed by atoms with Gasteiger partial charge in [-0.15, -0.1) is 24.0 Å². The van der Waals surface area contributed by atoms with Gasteiger partial charge in [0.2, 0.25) is 0 Å². The summed E-state index contributed by atoms with van der Waals surface area (Å²) in [4.78, 5) is 4.36. The van der Waals surface area contributed by atoms with Gasteiger partial charge in [-0.3, -0.25) is 4.99 Å². The monoisotopic (exact) mass is 428 g/mol. The fraction of sp³-hybridized carbons (Fsp3) is 0.412. The number of aryl methyl sites for hydroxylation is 2. The van der Waals surface area contributed by atoms with Crippen LogP contribution >= 0.6 is 24.0 Å². The highest BCUT2D eigenvalue weighted by Crippen LogP contribution is 2.18. The van der Waals surface area contributed by atoms with Gasteiger partial charge in [0.1, 0.15) is 5.76 Å². The molecule has 3 N–H and O–H groups in total. The van der Waals surface area contributed by atoms with Crippen molar-refractivity contribution in [2.45, 2.75) is 40.0 Å². The molecule has 0 radical (unpaired) electrons. The Bertz CT molecular complexity index is 645. The summed E-state index contributed by atoms with van der Waals surface area (Å²) < 4.78 is 5.14. The number of hydrogen-bond donors (Lipinski definition) is 2. The first-order valence-electron chi connectivity index (χ1n) is 7.56. The molecule has 1 aromatic carbocycles. The lowest BCUT2D eigenvalue weighted by Gasteiger charge is -2.10. The Balaban J connectivity index is 0.00000264. The molecule has 23 heavy (non-hydrogen) atoms. The van der Waals surface area contributed by atoms with E-state index in [0.29, 0.717) is 18.4 Å². The molecule has 0 unspecified atom stereocenters. The van der Waals surface area contributed by atoms with E-state index in [1.54, 1.807) is 0 Å². The van der Waals surface area contributed by atoms with Crippen molar-refractivity contribution in [3.63, 3.8) is 0 Å². The van der Waals surface area contributed by atoms with Crippen LogP contribution in [-0.4, -0.2) is 17.7 Å². The summed E-state index contributed by atoms with van der Waals surface area (Å²) in [5.74, 6) is 1.76. The second kappa shape index (κ2) is 8.90. The van der Waals surface area contributed by atoms with Crippen molar-refractivity contribution in [2.75, 3.05) is 11.9 Å². The molecule has 0 atom stereocenters. The Labute approximate surface area is 154 Å². The maximum atomic E-state index is 5.95. The molecule has 0 aliphatic rings. The molecule has 0 saturated heterocycles. The van der Waals surface area contributed by atoms with E-state index >= 15 is 0 Å².